The van der Waals surface area contributed by atoms with Crippen LogP contribution in [0.1, 0.15) is 39.7 Å². The van der Waals surface area contributed by atoms with Crippen LogP contribution in [-0.4, -0.2) is 51.7 Å². The number of carbonyl (C=O) groups excluding carboxylic acids is 1. The molecule has 158 valence electrons. The topological polar surface area (TPSA) is 29.5 Å². The number of fused-ring (bicyclic) bond motifs is 1. The Hall–Kier alpha value is -1.13. The molecule has 2 aliphatic rings. The van der Waals surface area contributed by atoms with E-state index < -0.39 is 8.32 Å². The predicted octanol–water partition coefficient (Wildman–Crippen LogP) is 5.35. The van der Waals surface area contributed by atoms with Gasteiger partial charge in [-0.15, -0.1) is 0 Å². The van der Waals surface area contributed by atoms with Crippen molar-refractivity contribution in [1.29, 1.82) is 0 Å². The summed E-state index contributed by atoms with van der Waals surface area (Å²) in [6.45, 7) is 18.5. The summed E-state index contributed by atoms with van der Waals surface area (Å²) in [5.41, 5.74) is 3.38. The van der Waals surface area contributed by atoms with Crippen LogP contribution in [0.25, 0.3) is 5.57 Å². The number of rotatable bonds is 5. The van der Waals surface area contributed by atoms with Crippen LogP contribution in [0.2, 0.25) is 23.5 Å². The summed E-state index contributed by atoms with van der Waals surface area (Å²) in [7, 11) is -1.89. The zero-order chi connectivity index (χ0) is 21.4. The summed E-state index contributed by atoms with van der Waals surface area (Å²) in [5.74, 6) is 0.283. The first-order valence-electron chi connectivity index (χ1n) is 10.6. The molecule has 0 radical (unpaired) electrons. The monoisotopic (exact) mass is 477 g/mol. The number of benzene rings is 1. The van der Waals surface area contributed by atoms with E-state index in [0.717, 1.165) is 22.9 Å². The van der Waals surface area contributed by atoms with E-state index in [9.17, 15) is 4.79 Å². The van der Waals surface area contributed by atoms with E-state index >= 15 is 0 Å². The maximum atomic E-state index is 13.2. The van der Waals surface area contributed by atoms with Crippen molar-refractivity contribution < 1.29 is 9.22 Å². The van der Waals surface area contributed by atoms with Crippen LogP contribution in [0.5, 0.6) is 0 Å². The van der Waals surface area contributed by atoms with Gasteiger partial charge < -0.3 is 0 Å². The van der Waals surface area contributed by atoms with E-state index in [-0.39, 0.29) is 23.0 Å². The van der Waals surface area contributed by atoms with Crippen LogP contribution in [-0.2, 0) is 9.22 Å². The third kappa shape index (κ3) is 4.64. The molecule has 0 aromatic heterocycles. The molecular formula is C24H35NO2SeSi. The van der Waals surface area contributed by atoms with Gasteiger partial charge in [-0.2, -0.15) is 0 Å². The molecule has 0 aliphatic carbocycles. The van der Waals surface area contributed by atoms with E-state index in [0.29, 0.717) is 26.4 Å². The summed E-state index contributed by atoms with van der Waals surface area (Å²) in [5, 5.41) is 1.32. The molecule has 2 heterocycles. The third-order valence-electron chi connectivity index (χ3n) is 6.62. The summed E-state index contributed by atoms with van der Waals surface area (Å²) in [4.78, 5) is 15.6. The van der Waals surface area contributed by atoms with Crippen LogP contribution in [0.15, 0.2) is 48.6 Å². The fourth-order valence-electron chi connectivity index (χ4n) is 3.77. The van der Waals surface area contributed by atoms with Gasteiger partial charge in [-0.1, -0.05) is 0 Å². The number of hydrogen-bond acceptors (Lipinski definition) is 2. The van der Waals surface area contributed by atoms with Crippen LogP contribution < -0.4 is 0 Å². The van der Waals surface area contributed by atoms with E-state index in [4.69, 9.17) is 4.43 Å². The molecule has 1 fully saturated rings. The van der Waals surface area contributed by atoms with Crippen molar-refractivity contribution in [2.75, 3.05) is 6.54 Å². The van der Waals surface area contributed by atoms with Gasteiger partial charge >= 0.3 is 184 Å². The maximum absolute atomic E-state index is 13.2. The second kappa shape index (κ2) is 8.54. The van der Waals surface area contributed by atoms with Crippen LogP contribution in [0.3, 0.4) is 0 Å². The molecule has 3 rings (SSSR count). The molecule has 0 saturated carbocycles. The first kappa shape index (κ1) is 22.5. The van der Waals surface area contributed by atoms with Crippen molar-refractivity contribution in [1.82, 2.24) is 4.90 Å². The summed E-state index contributed by atoms with van der Waals surface area (Å²) in [6.07, 6.45) is 3.36. The van der Waals surface area contributed by atoms with Crippen LogP contribution in [0.4, 0.5) is 0 Å². The Bertz CT molecular complexity index is 797. The van der Waals surface area contributed by atoms with Gasteiger partial charge in [0.25, 0.3) is 0 Å². The van der Waals surface area contributed by atoms with Gasteiger partial charge in [0.05, 0.1) is 0 Å². The summed E-state index contributed by atoms with van der Waals surface area (Å²) >= 11 is 0.430. The van der Waals surface area contributed by atoms with Crippen molar-refractivity contribution in [2.24, 2.45) is 5.92 Å². The first-order valence-corrected chi connectivity index (χ1v) is 15.7. The average molecular weight is 477 g/mol. The number of carbonyl (C=O) groups is 1. The molecular weight excluding hydrogens is 441 g/mol. The second-order valence-corrected chi connectivity index (χ2v) is 17.0. The normalized spacial score (nSPS) is 25.8. The van der Waals surface area contributed by atoms with E-state index in [1.165, 1.54) is 5.57 Å². The molecule has 0 N–H and O–H groups in total. The molecule has 1 aromatic rings. The molecule has 0 bridgehead atoms. The van der Waals surface area contributed by atoms with Gasteiger partial charge in [-0.25, -0.2) is 0 Å². The Morgan fingerprint density at radius 1 is 1.28 bits per heavy atom. The molecule has 3 atom stereocenters. The Morgan fingerprint density at radius 2 is 1.93 bits per heavy atom. The molecule has 1 amide bonds. The Labute approximate surface area is 183 Å². The first-order chi connectivity index (χ1) is 13.5. The summed E-state index contributed by atoms with van der Waals surface area (Å²) in [6, 6.07) is 10.3. The van der Waals surface area contributed by atoms with Gasteiger partial charge in [-0.3, -0.25) is 0 Å². The second-order valence-electron chi connectivity index (χ2n) is 9.70. The van der Waals surface area contributed by atoms with E-state index in [1.807, 2.05) is 18.2 Å². The quantitative estimate of drug-likeness (QED) is 0.424. The fraction of sp³-hybridized carbons (Fsp3) is 0.542. The number of amides is 1. The van der Waals surface area contributed by atoms with E-state index in [1.54, 1.807) is 0 Å². The molecule has 3 nitrogen and oxygen atoms in total. The minimum atomic E-state index is -1.89. The van der Waals surface area contributed by atoms with Gasteiger partial charge in [0.2, 0.25) is 0 Å². The molecule has 29 heavy (non-hydrogen) atoms. The van der Waals surface area contributed by atoms with Crippen LogP contribution in [0, 0.1) is 5.92 Å². The van der Waals surface area contributed by atoms with Gasteiger partial charge in [0.15, 0.2) is 0 Å². The average Bonchev–Trinajstić information content (AvgIpc) is 2.63. The standard InChI is InChI=1S/C24H35NO2SeSi/c1-17(19-12-9-8-10-13-19)20-14-11-15-28-23-21(22(26)25(23)16-20)18(2)27-29(6,7)24(3,4)5/h8-10,12-14,18,21,23H,1,11,15-16H2,2-7H3/b20-14+/t18-,21+,23-/m1/s1. The van der Waals surface area contributed by atoms with Gasteiger partial charge in [-0.05, 0) is 0 Å². The van der Waals surface area contributed by atoms with Crippen molar-refractivity contribution in [3.05, 3.63) is 54.1 Å². The van der Waals surface area contributed by atoms with E-state index in [2.05, 4.69) is 70.5 Å². The summed E-state index contributed by atoms with van der Waals surface area (Å²) < 4.78 is 6.61. The van der Waals surface area contributed by atoms with Crippen molar-refractivity contribution >= 4 is 34.8 Å². The number of hydrogen-bond donors (Lipinski definition) is 0. The molecule has 5 heteroatoms. The number of β-lactam (4-membered cyclic amide) rings is 1. The number of allylic oxidation sites excluding steroid dienone is 1. The Balaban J connectivity index is 1.73. The molecule has 0 spiro atoms. The van der Waals surface area contributed by atoms with Crippen molar-refractivity contribution in [3.63, 3.8) is 0 Å². The van der Waals surface area contributed by atoms with Crippen LogP contribution >= 0.6 is 0 Å². The Kier molecular flexibility index (Phi) is 6.64. The Morgan fingerprint density at radius 3 is 2.55 bits per heavy atom. The predicted molar refractivity (Wildman–Crippen MR) is 125 cm³/mol. The number of nitrogens with zero attached hydrogens (tertiary/aromatic N) is 1. The zero-order valence-corrected chi connectivity index (χ0v) is 21.4. The minimum absolute atomic E-state index is 0.00398. The molecule has 0 unspecified atom stereocenters. The molecule has 2 aliphatic heterocycles. The van der Waals surface area contributed by atoms with Crippen molar-refractivity contribution in [2.45, 2.75) is 68.6 Å². The third-order valence-corrected chi connectivity index (χ3v) is 14.1. The van der Waals surface area contributed by atoms with Gasteiger partial charge in [0.1, 0.15) is 0 Å². The van der Waals surface area contributed by atoms with Gasteiger partial charge in [0, 0.05) is 0 Å². The zero-order valence-electron chi connectivity index (χ0n) is 18.7. The fourth-order valence-corrected chi connectivity index (χ4v) is 8.14. The van der Waals surface area contributed by atoms with Crippen molar-refractivity contribution in [3.8, 4) is 0 Å². The SMILES string of the molecule is C=C(/C1=C/CC[Se][C@@H]2[C@@H]([C@@H](C)O[Si](C)(C)C(C)(C)C)C(=O)N2C1)c1ccccc1. The molecule has 1 saturated heterocycles. The molecule has 1 aromatic carbocycles.